The molecule has 3 rings (SSSR count). The van der Waals surface area contributed by atoms with E-state index >= 15 is 0 Å². The summed E-state index contributed by atoms with van der Waals surface area (Å²) in [5.41, 5.74) is 2.08. The van der Waals surface area contributed by atoms with E-state index in [-0.39, 0.29) is 11.6 Å². The summed E-state index contributed by atoms with van der Waals surface area (Å²) in [7, 11) is -1.17. The smallest absolute Gasteiger partial charge is 0.226 e. The first-order chi connectivity index (χ1) is 11.5. The van der Waals surface area contributed by atoms with Crippen LogP contribution in [0, 0.1) is 5.82 Å². The monoisotopic (exact) mass is 383 g/mol. The van der Waals surface area contributed by atoms with Gasteiger partial charge in [-0.3, -0.25) is 4.21 Å². The maximum Gasteiger partial charge on any atom is 0.226 e. The van der Waals surface area contributed by atoms with Crippen LogP contribution in [0.15, 0.2) is 53.1 Å². The van der Waals surface area contributed by atoms with Crippen molar-refractivity contribution >= 4 is 34.0 Å². The molecule has 0 fully saturated rings. The van der Waals surface area contributed by atoms with E-state index in [4.69, 9.17) is 27.6 Å². The summed E-state index contributed by atoms with van der Waals surface area (Å²) in [5.74, 6) is 0.644. The highest BCUT2D eigenvalue weighted by atomic mass is 35.5. The number of aromatic nitrogens is 1. The molecule has 1 heterocycles. The molecular weight excluding hydrogens is 372 g/mol. The Labute approximate surface area is 150 Å². The Morgan fingerprint density at radius 3 is 2.50 bits per heavy atom. The van der Waals surface area contributed by atoms with Crippen molar-refractivity contribution in [1.29, 1.82) is 0 Å². The predicted molar refractivity (Wildman–Crippen MR) is 93.9 cm³/mol. The van der Waals surface area contributed by atoms with E-state index in [0.29, 0.717) is 32.9 Å². The Morgan fingerprint density at radius 1 is 1.04 bits per heavy atom. The lowest BCUT2D eigenvalue weighted by molar-refractivity contribution is 0.572. The summed E-state index contributed by atoms with van der Waals surface area (Å²) in [5, 5.41) is 0.901. The van der Waals surface area contributed by atoms with Crippen LogP contribution in [0.25, 0.3) is 11.5 Å². The van der Waals surface area contributed by atoms with Gasteiger partial charge in [0.25, 0.3) is 0 Å². The first-order valence-corrected chi connectivity index (χ1v) is 9.25. The molecule has 0 aliphatic carbocycles. The van der Waals surface area contributed by atoms with E-state index < -0.39 is 10.8 Å². The Bertz CT molecular complexity index is 881. The lowest BCUT2D eigenvalue weighted by Crippen LogP contribution is -2.00. The molecule has 0 spiro atoms. The summed E-state index contributed by atoms with van der Waals surface area (Å²) in [6, 6.07) is 11.0. The van der Waals surface area contributed by atoms with Crippen molar-refractivity contribution in [3.8, 4) is 11.5 Å². The number of halogens is 3. The van der Waals surface area contributed by atoms with Crippen LogP contribution in [0.3, 0.4) is 0 Å². The van der Waals surface area contributed by atoms with Gasteiger partial charge in [0.2, 0.25) is 5.89 Å². The van der Waals surface area contributed by atoms with Crippen LogP contribution >= 0.6 is 23.2 Å². The van der Waals surface area contributed by atoms with Crippen LogP contribution in [0.2, 0.25) is 10.0 Å². The third-order valence-electron chi connectivity index (χ3n) is 3.26. The van der Waals surface area contributed by atoms with Crippen LogP contribution in [-0.2, 0) is 22.3 Å². The summed E-state index contributed by atoms with van der Waals surface area (Å²) in [6.45, 7) is 0. The van der Waals surface area contributed by atoms with Crippen LogP contribution in [-0.4, -0.2) is 9.19 Å². The number of oxazole rings is 1. The highest BCUT2D eigenvalue weighted by Crippen LogP contribution is 2.24. The fourth-order valence-electron chi connectivity index (χ4n) is 2.13. The van der Waals surface area contributed by atoms with Gasteiger partial charge in [-0.05, 0) is 42.0 Å². The van der Waals surface area contributed by atoms with E-state index in [9.17, 15) is 8.60 Å². The molecule has 0 aliphatic rings. The molecule has 0 amide bonds. The molecular formula is C17H12Cl2FNO2S. The fraction of sp³-hybridized carbons (Fsp3) is 0.118. The van der Waals surface area contributed by atoms with E-state index in [1.807, 2.05) is 0 Å². The molecule has 0 bridgehead atoms. The molecule has 7 heteroatoms. The molecule has 3 nitrogen and oxygen atoms in total. The van der Waals surface area contributed by atoms with Gasteiger partial charge in [-0.1, -0.05) is 29.3 Å². The number of nitrogens with zero attached hydrogens (tertiary/aromatic N) is 1. The summed E-state index contributed by atoms with van der Waals surface area (Å²) in [6.07, 6.45) is 1.46. The van der Waals surface area contributed by atoms with Crippen molar-refractivity contribution < 1.29 is 13.0 Å². The maximum atomic E-state index is 12.9. The average molecular weight is 384 g/mol. The molecule has 2 aromatic carbocycles. The van der Waals surface area contributed by atoms with Crippen LogP contribution in [0.4, 0.5) is 4.39 Å². The highest BCUT2D eigenvalue weighted by Gasteiger charge is 2.11. The van der Waals surface area contributed by atoms with Crippen molar-refractivity contribution in [3.05, 3.63) is 75.8 Å². The summed E-state index contributed by atoms with van der Waals surface area (Å²) in [4.78, 5) is 4.29. The molecule has 0 aliphatic heterocycles. The zero-order valence-corrected chi connectivity index (χ0v) is 14.7. The van der Waals surface area contributed by atoms with Crippen molar-refractivity contribution in [2.45, 2.75) is 11.5 Å². The second-order valence-corrected chi connectivity index (χ2v) is 7.40. The minimum atomic E-state index is -1.17. The molecule has 1 unspecified atom stereocenters. The van der Waals surface area contributed by atoms with Gasteiger partial charge < -0.3 is 4.42 Å². The van der Waals surface area contributed by atoms with Gasteiger partial charge in [-0.25, -0.2) is 9.37 Å². The largest absolute Gasteiger partial charge is 0.444 e. The number of benzene rings is 2. The first kappa shape index (κ1) is 17.1. The van der Waals surface area contributed by atoms with Crippen LogP contribution < -0.4 is 0 Å². The molecule has 3 aromatic rings. The highest BCUT2D eigenvalue weighted by molar-refractivity contribution is 7.83. The Hall–Kier alpha value is -1.69. The third kappa shape index (κ3) is 4.23. The van der Waals surface area contributed by atoms with Crippen molar-refractivity contribution in [1.82, 2.24) is 4.98 Å². The van der Waals surface area contributed by atoms with Gasteiger partial charge in [0.15, 0.2) is 0 Å². The predicted octanol–water partition coefficient (Wildman–Crippen LogP) is 5.24. The van der Waals surface area contributed by atoms with Gasteiger partial charge >= 0.3 is 0 Å². The Balaban J connectivity index is 1.66. The fourth-order valence-corrected chi connectivity index (χ4v) is 3.57. The van der Waals surface area contributed by atoms with Gasteiger partial charge in [-0.2, -0.15) is 0 Å². The van der Waals surface area contributed by atoms with Crippen LogP contribution in [0.1, 0.15) is 11.3 Å². The molecule has 0 radical (unpaired) electrons. The first-order valence-electron chi connectivity index (χ1n) is 7.00. The van der Waals surface area contributed by atoms with E-state index in [2.05, 4.69) is 4.98 Å². The van der Waals surface area contributed by atoms with Crippen molar-refractivity contribution in [2.75, 3.05) is 0 Å². The molecule has 1 atom stereocenters. The maximum absolute atomic E-state index is 12.9. The van der Waals surface area contributed by atoms with Crippen molar-refractivity contribution in [3.63, 3.8) is 0 Å². The van der Waals surface area contributed by atoms with E-state index in [1.54, 1.807) is 30.3 Å². The lowest BCUT2D eigenvalue weighted by atomic mass is 10.2. The van der Waals surface area contributed by atoms with Gasteiger partial charge in [0.05, 0.1) is 21.5 Å². The Morgan fingerprint density at radius 2 is 1.79 bits per heavy atom. The average Bonchev–Trinajstić information content (AvgIpc) is 3.00. The Kier molecular flexibility index (Phi) is 5.33. The zero-order valence-electron chi connectivity index (χ0n) is 12.3. The minimum absolute atomic E-state index is 0.255. The van der Waals surface area contributed by atoms with Gasteiger partial charge in [0, 0.05) is 22.1 Å². The SMILES string of the molecule is O=S(Cc1ccc(Cl)c(Cl)c1)Cc1coc(-c2ccc(F)cc2)n1. The second-order valence-electron chi connectivity index (χ2n) is 5.13. The second kappa shape index (κ2) is 7.47. The normalized spacial score (nSPS) is 12.3. The molecule has 24 heavy (non-hydrogen) atoms. The summed E-state index contributed by atoms with van der Waals surface area (Å²) >= 11 is 11.8. The molecule has 1 aromatic heterocycles. The lowest BCUT2D eigenvalue weighted by Gasteiger charge is -2.02. The number of hydrogen-bond acceptors (Lipinski definition) is 3. The minimum Gasteiger partial charge on any atom is -0.444 e. The quantitative estimate of drug-likeness (QED) is 0.605. The molecule has 0 saturated carbocycles. The number of rotatable bonds is 5. The van der Waals surface area contributed by atoms with Gasteiger partial charge in [-0.15, -0.1) is 0 Å². The topological polar surface area (TPSA) is 43.1 Å². The van der Waals surface area contributed by atoms with E-state index in [0.717, 1.165) is 5.56 Å². The zero-order chi connectivity index (χ0) is 17.1. The standard InChI is InChI=1S/C17H12Cl2FNO2S/c18-15-6-1-11(7-16(15)19)9-24(22)10-14-8-23-17(21-14)12-2-4-13(20)5-3-12/h1-8H,9-10H2. The molecule has 0 saturated heterocycles. The molecule has 0 N–H and O–H groups in total. The number of hydrogen-bond donors (Lipinski definition) is 0. The van der Waals surface area contributed by atoms with Crippen LogP contribution in [0.5, 0.6) is 0 Å². The van der Waals surface area contributed by atoms with Crippen molar-refractivity contribution in [2.24, 2.45) is 0 Å². The summed E-state index contributed by atoms with van der Waals surface area (Å²) < 4.78 is 30.6. The van der Waals surface area contributed by atoms with E-state index in [1.165, 1.54) is 18.4 Å². The van der Waals surface area contributed by atoms with Gasteiger partial charge in [0.1, 0.15) is 12.1 Å². The molecule has 124 valence electrons. The third-order valence-corrected chi connectivity index (χ3v) is 5.28.